The molecule has 0 amide bonds. The second kappa shape index (κ2) is 6.82. The molecule has 0 aromatic heterocycles. The largest absolute Gasteiger partial charge is 0.466 e. The van der Waals surface area contributed by atoms with Gasteiger partial charge in [0.15, 0.2) is 5.75 Å². The fraction of sp³-hybridized carbons (Fsp3) is 0.160. The summed E-state index contributed by atoms with van der Waals surface area (Å²) < 4.78 is 11.5. The molecule has 29 heavy (non-hydrogen) atoms. The molecule has 0 spiro atoms. The Morgan fingerprint density at radius 2 is 1.52 bits per heavy atom. The number of esters is 1. The summed E-state index contributed by atoms with van der Waals surface area (Å²) in [7, 11) is 1.44. The highest BCUT2D eigenvalue weighted by Crippen LogP contribution is 2.56. The molecule has 4 heteroatoms. The van der Waals surface area contributed by atoms with Crippen LogP contribution in [0, 0.1) is 0 Å². The number of carbonyl (C=O) groups is 1. The number of nitrogens with zero attached hydrogens (tertiary/aromatic N) is 1. The number of hydrogen-bond acceptors (Lipinski definition) is 4. The van der Waals surface area contributed by atoms with Crippen LogP contribution in [-0.2, 0) is 9.53 Å². The van der Waals surface area contributed by atoms with Crippen LogP contribution in [0.15, 0.2) is 90.0 Å². The van der Waals surface area contributed by atoms with Crippen LogP contribution in [0.1, 0.15) is 30.1 Å². The Labute approximate surface area is 170 Å². The molecule has 0 N–H and O–H groups in total. The molecule has 3 aromatic carbocycles. The van der Waals surface area contributed by atoms with Gasteiger partial charge in [-0.3, -0.25) is 0 Å². The Morgan fingerprint density at radius 3 is 2.28 bits per heavy atom. The molecule has 2 atom stereocenters. The summed E-state index contributed by atoms with van der Waals surface area (Å²) in [6, 6.07) is 25.8. The Balaban J connectivity index is 1.83. The van der Waals surface area contributed by atoms with Crippen molar-refractivity contribution in [1.82, 2.24) is 0 Å². The van der Waals surface area contributed by atoms with Gasteiger partial charge in [0.2, 0.25) is 0 Å². The van der Waals surface area contributed by atoms with E-state index in [1.165, 1.54) is 7.11 Å². The number of methoxy groups -OCH3 is 1. The molecular weight excluding hydrogens is 362 g/mol. The Morgan fingerprint density at radius 1 is 0.862 bits per heavy atom. The maximum absolute atomic E-state index is 12.9. The zero-order valence-electron chi connectivity index (χ0n) is 16.3. The molecule has 5 rings (SSSR count). The van der Waals surface area contributed by atoms with Crippen LogP contribution in [0.3, 0.4) is 0 Å². The van der Waals surface area contributed by atoms with Gasteiger partial charge in [0.05, 0.1) is 30.5 Å². The lowest BCUT2D eigenvalue weighted by Gasteiger charge is -2.33. The van der Waals surface area contributed by atoms with Crippen LogP contribution < -0.4 is 9.64 Å². The summed E-state index contributed by atoms with van der Waals surface area (Å²) in [4.78, 5) is 15.2. The van der Waals surface area contributed by atoms with Crippen molar-refractivity contribution < 1.29 is 14.3 Å². The quantitative estimate of drug-likeness (QED) is 0.541. The standard InChI is InChI=1S/C25H21NO3/c1-16-22(25(27)28-2)24-18-12-6-8-14-20(18)29-21-15-9-7-13-19(21)26(24)23(16)17-10-4-3-5-11-17/h3-15,23-24H,1-2H3/t23-,24-/m0/s1. The van der Waals surface area contributed by atoms with E-state index in [1.54, 1.807) is 0 Å². The third-order valence-electron chi connectivity index (χ3n) is 5.76. The highest BCUT2D eigenvalue weighted by atomic mass is 16.5. The fourth-order valence-electron chi connectivity index (χ4n) is 4.55. The van der Waals surface area contributed by atoms with Gasteiger partial charge in [0.25, 0.3) is 0 Å². The third-order valence-corrected chi connectivity index (χ3v) is 5.76. The Kier molecular flexibility index (Phi) is 4.13. The number of rotatable bonds is 2. The van der Waals surface area contributed by atoms with Crippen LogP contribution in [-0.4, -0.2) is 13.1 Å². The maximum Gasteiger partial charge on any atom is 0.336 e. The van der Waals surface area contributed by atoms with Crippen LogP contribution in [0.5, 0.6) is 11.5 Å². The molecule has 0 bridgehead atoms. The van der Waals surface area contributed by atoms with Crippen molar-refractivity contribution in [2.75, 3.05) is 12.0 Å². The van der Waals surface area contributed by atoms with Gasteiger partial charge in [-0.15, -0.1) is 0 Å². The van der Waals surface area contributed by atoms with Crippen LogP contribution in [0.25, 0.3) is 0 Å². The molecule has 0 saturated heterocycles. The fourth-order valence-corrected chi connectivity index (χ4v) is 4.55. The van der Waals surface area contributed by atoms with E-state index in [-0.39, 0.29) is 18.1 Å². The molecule has 0 saturated carbocycles. The third kappa shape index (κ3) is 2.64. The molecule has 4 nitrogen and oxygen atoms in total. The molecular formula is C25H21NO3. The number of carbonyl (C=O) groups excluding carboxylic acids is 1. The van der Waals surface area contributed by atoms with E-state index in [2.05, 4.69) is 23.1 Å². The number of para-hydroxylation sites is 3. The van der Waals surface area contributed by atoms with Crippen LogP contribution >= 0.6 is 0 Å². The van der Waals surface area contributed by atoms with Crippen LogP contribution in [0.2, 0.25) is 0 Å². The first-order valence-electron chi connectivity index (χ1n) is 9.68. The molecule has 2 aliphatic rings. The molecule has 0 unspecified atom stereocenters. The SMILES string of the molecule is COC(=O)C1=C(C)[C@@H](c2ccccc2)N2c3ccccc3Oc3ccccc3[C@@H]12. The van der Waals surface area contributed by atoms with E-state index in [0.717, 1.165) is 33.9 Å². The second-order valence-electron chi connectivity index (χ2n) is 7.32. The first kappa shape index (κ1) is 17.6. The van der Waals surface area contributed by atoms with Gasteiger partial charge < -0.3 is 14.4 Å². The van der Waals surface area contributed by atoms with E-state index >= 15 is 0 Å². The minimum atomic E-state index is -0.301. The molecule has 2 heterocycles. The molecule has 0 radical (unpaired) electrons. The summed E-state index contributed by atoms with van der Waals surface area (Å²) in [5.74, 6) is 1.24. The zero-order valence-corrected chi connectivity index (χ0v) is 16.3. The first-order valence-corrected chi connectivity index (χ1v) is 9.68. The lowest BCUT2D eigenvalue weighted by Crippen LogP contribution is -2.29. The Hall–Kier alpha value is -3.53. The predicted molar refractivity (Wildman–Crippen MR) is 112 cm³/mol. The first-order chi connectivity index (χ1) is 14.2. The van der Waals surface area contributed by atoms with Crippen molar-refractivity contribution in [3.63, 3.8) is 0 Å². The van der Waals surface area contributed by atoms with Crippen LogP contribution in [0.4, 0.5) is 5.69 Å². The van der Waals surface area contributed by atoms with Gasteiger partial charge in [-0.05, 0) is 36.3 Å². The lowest BCUT2D eigenvalue weighted by molar-refractivity contribution is -0.136. The van der Waals surface area contributed by atoms with Gasteiger partial charge in [-0.2, -0.15) is 0 Å². The second-order valence-corrected chi connectivity index (χ2v) is 7.32. The van der Waals surface area contributed by atoms with E-state index < -0.39 is 0 Å². The van der Waals surface area contributed by atoms with E-state index in [9.17, 15) is 4.79 Å². The summed E-state index contributed by atoms with van der Waals surface area (Å²) in [6.07, 6.45) is 0. The number of benzene rings is 3. The van der Waals surface area contributed by atoms with Crippen molar-refractivity contribution in [2.24, 2.45) is 0 Å². The summed E-state index contributed by atoms with van der Waals surface area (Å²) in [5.41, 5.74) is 4.72. The Bertz CT molecular complexity index is 1120. The van der Waals surface area contributed by atoms with Gasteiger partial charge in [0, 0.05) is 5.56 Å². The van der Waals surface area contributed by atoms with Crippen molar-refractivity contribution in [1.29, 1.82) is 0 Å². The number of hydrogen-bond donors (Lipinski definition) is 0. The summed E-state index contributed by atoms with van der Waals surface area (Å²) >= 11 is 0. The van der Waals surface area contributed by atoms with Gasteiger partial charge in [-0.25, -0.2) is 4.79 Å². The van der Waals surface area contributed by atoms with Crippen molar-refractivity contribution in [3.05, 3.63) is 101 Å². The average molecular weight is 383 g/mol. The van der Waals surface area contributed by atoms with E-state index in [0.29, 0.717) is 5.57 Å². The average Bonchev–Trinajstić information content (AvgIpc) is 2.99. The molecule has 2 aliphatic heterocycles. The lowest BCUT2D eigenvalue weighted by atomic mass is 9.96. The highest BCUT2D eigenvalue weighted by Gasteiger charge is 2.46. The van der Waals surface area contributed by atoms with Gasteiger partial charge in [0.1, 0.15) is 5.75 Å². The van der Waals surface area contributed by atoms with E-state index in [1.807, 2.05) is 67.6 Å². The minimum absolute atomic E-state index is 0.0915. The topological polar surface area (TPSA) is 38.8 Å². The highest BCUT2D eigenvalue weighted by molar-refractivity contribution is 5.95. The summed E-state index contributed by atoms with van der Waals surface area (Å²) in [6.45, 7) is 2.03. The smallest absolute Gasteiger partial charge is 0.336 e. The molecule has 0 fully saturated rings. The minimum Gasteiger partial charge on any atom is -0.466 e. The van der Waals surface area contributed by atoms with Gasteiger partial charge >= 0.3 is 5.97 Å². The zero-order chi connectivity index (χ0) is 20.0. The number of anilines is 1. The summed E-state index contributed by atoms with van der Waals surface area (Å²) in [5, 5.41) is 0. The normalized spacial score (nSPS) is 19.6. The monoisotopic (exact) mass is 383 g/mol. The van der Waals surface area contributed by atoms with Crippen molar-refractivity contribution >= 4 is 11.7 Å². The number of fused-ring (bicyclic) bond motifs is 5. The number of ether oxygens (including phenoxy) is 2. The maximum atomic E-state index is 12.9. The molecule has 144 valence electrons. The van der Waals surface area contributed by atoms with Crippen molar-refractivity contribution in [2.45, 2.75) is 19.0 Å². The van der Waals surface area contributed by atoms with Crippen molar-refractivity contribution in [3.8, 4) is 11.5 Å². The van der Waals surface area contributed by atoms with E-state index in [4.69, 9.17) is 9.47 Å². The molecule has 3 aromatic rings. The predicted octanol–water partition coefficient (Wildman–Crippen LogP) is 5.58. The molecule has 0 aliphatic carbocycles. The van der Waals surface area contributed by atoms with Gasteiger partial charge in [-0.1, -0.05) is 60.7 Å².